The van der Waals surface area contributed by atoms with Crippen molar-refractivity contribution in [2.45, 2.75) is 57.8 Å². The number of benzene rings is 1. The highest BCUT2D eigenvalue weighted by Gasteiger charge is 2.30. The molecule has 0 unspecified atom stereocenters. The van der Waals surface area contributed by atoms with Crippen LogP contribution in [0.3, 0.4) is 0 Å². The normalized spacial score (nSPS) is 17.6. The molecule has 0 bridgehead atoms. The average Bonchev–Trinajstić information content (AvgIpc) is 3.61. The van der Waals surface area contributed by atoms with Gasteiger partial charge in [-0.1, -0.05) is 29.8 Å². The van der Waals surface area contributed by atoms with E-state index in [2.05, 4.69) is 15.5 Å². The Kier molecular flexibility index (Phi) is 6.55. The molecule has 34 heavy (non-hydrogen) atoms. The number of piperidine rings is 1. The number of nitrogens with zero attached hydrogens (tertiary/aromatic N) is 4. The molecule has 0 radical (unpaired) electrons. The number of carbonyl (C=O) groups excluding carboxylic acids is 1. The van der Waals surface area contributed by atoms with E-state index in [4.69, 9.17) is 21.6 Å². The number of nitrogens with one attached hydrogen (secondary N) is 2. The molecule has 5 rings (SSSR count). The maximum Gasteiger partial charge on any atom is 0.229 e. The van der Waals surface area contributed by atoms with Crippen LogP contribution in [0, 0.1) is 12.8 Å². The van der Waals surface area contributed by atoms with Gasteiger partial charge in [-0.05, 0) is 63.5 Å². The fourth-order valence-electron chi connectivity index (χ4n) is 4.71. The molecule has 1 saturated carbocycles. The van der Waals surface area contributed by atoms with Gasteiger partial charge >= 0.3 is 0 Å². The molecule has 1 aliphatic heterocycles. The van der Waals surface area contributed by atoms with E-state index >= 15 is 0 Å². The molecular weight excluding hydrogens is 448 g/mol. The van der Waals surface area contributed by atoms with Crippen molar-refractivity contribution in [1.29, 1.82) is 0 Å². The number of aromatic nitrogens is 4. The number of hydrogen-bond donors (Lipinski definition) is 2. The predicted molar refractivity (Wildman–Crippen MR) is 133 cm³/mol. The van der Waals surface area contributed by atoms with Crippen molar-refractivity contribution >= 4 is 29.1 Å². The van der Waals surface area contributed by atoms with Gasteiger partial charge < -0.3 is 10.2 Å². The lowest BCUT2D eigenvalue weighted by Crippen LogP contribution is -2.41. The molecule has 2 N–H and O–H groups in total. The summed E-state index contributed by atoms with van der Waals surface area (Å²) in [6, 6.07) is 11.6. The first-order valence-corrected chi connectivity index (χ1v) is 12.5. The number of rotatable bonds is 7. The Hall–Kier alpha value is -2.93. The van der Waals surface area contributed by atoms with Crippen LogP contribution in [0.15, 0.2) is 36.4 Å². The quantitative estimate of drug-likeness (QED) is 0.477. The Morgan fingerprint density at radius 1 is 1.15 bits per heavy atom. The summed E-state index contributed by atoms with van der Waals surface area (Å²) >= 11 is 6.33. The van der Waals surface area contributed by atoms with Crippen LogP contribution in [0.2, 0.25) is 5.02 Å². The Balaban J connectivity index is 1.22. The molecule has 1 aliphatic carbocycles. The minimum atomic E-state index is -0.229. The van der Waals surface area contributed by atoms with Gasteiger partial charge in [0.1, 0.15) is 11.6 Å². The fraction of sp³-hybridized carbons (Fsp3) is 0.462. The van der Waals surface area contributed by atoms with Crippen LogP contribution >= 0.6 is 11.6 Å². The van der Waals surface area contributed by atoms with Gasteiger partial charge in [0, 0.05) is 47.6 Å². The minimum absolute atomic E-state index is 0.158. The zero-order valence-corrected chi connectivity index (χ0v) is 20.5. The zero-order valence-electron chi connectivity index (χ0n) is 19.7. The molecule has 2 aromatic heterocycles. The van der Waals surface area contributed by atoms with Crippen molar-refractivity contribution in [2.75, 3.05) is 18.4 Å². The summed E-state index contributed by atoms with van der Waals surface area (Å²) < 4.78 is 0. The average molecular weight is 479 g/mol. The highest BCUT2D eigenvalue weighted by atomic mass is 35.5. The van der Waals surface area contributed by atoms with Crippen molar-refractivity contribution in [3.63, 3.8) is 0 Å². The Labute approximate surface area is 205 Å². The summed E-state index contributed by atoms with van der Waals surface area (Å²) in [5.41, 5.74) is 2.97. The third-order valence-corrected chi connectivity index (χ3v) is 7.21. The van der Waals surface area contributed by atoms with Crippen molar-refractivity contribution < 1.29 is 4.79 Å². The fourth-order valence-corrected chi connectivity index (χ4v) is 5.01. The molecule has 2 fully saturated rings. The number of hydrogen-bond acceptors (Lipinski definition) is 5. The van der Waals surface area contributed by atoms with Crippen molar-refractivity contribution in [3.05, 3.63) is 64.2 Å². The maximum atomic E-state index is 13.1. The zero-order chi connectivity index (χ0) is 23.7. The van der Waals surface area contributed by atoms with Crippen molar-refractivity contribution in [2.24, 2.45) is 5.92 Å². The number of halogens is 1. The molecule has 1 aromatic carbocycles. The number of amides is 1. The Morgan fingerprint density at radius 2 is 1.91 bits per heavy atom. The van der Waals surface area contributed by atoms with Gasteiger partial charge in [-0.25, -0.2) is 9.97 Å². The first-order valence-electron chi connectivity index (χ1n) is 12.2. The highest BCUT2D eigenvalue weighted by molar-refractivity contribution is 6.31. The first-order chi connectivity index (χ1) is 16.5. The highest BCUT2D eigenvalue weighted by Crippen LogP contribution is 2.39. The van der Waals surface area contributed by atoms with Crippen molar-refractivity contribution in [1.82, 2.24) is 25.1 Å². The molecule has 1 saturated heterocycles. The van der Waals surface area contributed by atoms with Crippen LogP contribution in [-0.2, 0) is 11.2 Å². The van der Waals surface area contributed by atoms with Gasteiger partial charge in [0.2, 0.25) is 5.91 Å². The lowest BCUT2D eigenvalue weighted by atomic mass is 9.90. The second-order valence-electron chi connectivity index (χ2n) is 9.65. The van der Waals surface area contributed by atoms with Crippen LogP contribution in [0.1, 0.15) is 67.2 Å². The standard InChI is InChI=1S/C26H31ClN6O/c1-16-13-24(32-31-16)29-23-15-20(28-25(30-23)19-7-8-19)14-18-9-11-33(12-10-18)26(34)17(2)21-5-3-4-6-22(21)27/h3-6,13,15,17-19H,7-12,14H2,1-2H3,(H2,28,29,30,31,32)/t17-/m1/s1. The van der Waals surface area contributed by atoms with E-state index in [1.165, 1.54) is 0 Å². The number of anilines is 2. The molecule has 3 heterocycles. The number of aryl methyl sites for hydroxylation is 1. The Morgan fingerprint density at radius 3 is 2.59 bits per heavy atom. The van der Waals surface area contributed by atoms with Crippen LogP contribution in [0.5, 0.6) is 0 Å². The summed E-state index contributed by atoms with van der Waals surface area (Å²) in [5.74, 6) is 3.42. The maximum absolute atomic E-state index is 13.1. The van der Waals surface area contributed by atoms with Gasteiger partial charge in [-0.2, -0.15) is 5.10 Å². The molecule has 3 aromatic rings. The van der Waals surface area contributed by atoms with E-state index in [1.807, 2.05) is 55.1 Å². The van der Waals surface area contributed by atoms with Crippen molar-refractivity contribution in [3.8, 4) is 0 Å². The Bertz CT molecular complexity index is 1170. The van der Waals surface area contributed by atoms with E-state index in [9.17, 15) is 4.79 Å². The van der Waals surface area contributed by atoms with E-state index in [1.54, 1.807) is 0 Å². The van der Waals surface area contributed by atoms with E-state index < -0.39 is 0 Å². The van der Waals surface area contributed by atoms with Gasteiger partial charge in [-0.15, -0.1) is 0 Å². The molecule has 7 nitrogen and oxygen atoms in total. The van der Waals surface area contributed by atoms with Gasteiger partial charge in [0.25, 0.3) is 0 Å². The van der Waals surface area contributed by atoms with Crippen LogP contribution in [0.4, 0.5) is 11.6 Å². The molecule has 1 atom stereocenters. The predicted octanol–water partition coefficient (Wildman–Crippen LogP) is 5.37. The second kappa shape index (κ2) is 9.74. The summed E-state index contributed by atoms with van der Waals surface area (Å²) in [6.07, 6.45) is 5.18. The first kappa shape index (κ1) is 22.8. The monoisotopic (exact) mass is 478 g/mol. The molecule has 1 amide bonds. The SMILES string of the molecule is Cc1cc(Nc2cc(CC3CCN(C(=O)[C@H](C)c4ccccc4Cl)CC3)nc(C3CC3)n2)n[nH]1. The van der Waals surface area contributed by atoms with Gasteiger partial charge in [0.15, 0.2) is 5.82 Å². The summed E-state index contributed by atoms with van der Waals surface area (Å²) in [7, 11) is 0. The number of carbonyl (C=O) groups is 1. The smallest absolute Gasteiger partial charge is 0.229 e. The summed E-state index contributed by atoms with van der Waals surface area (Å²) in [4.78, 5) is 24.7. The third-order valence-electron chi connectivity index (χ3n) is 6.87. The van der Waals surface area contributed by atoms with E-state index in [0.29, 0.717) is 16.9 Å². The van der Waals surface area contributed by atoms with Crippen LogP contribution < -0.4 is 5.32 Å². The second-order valence-corrected chi connectivity index (χ2v) is 10.1. The lowest BCUT2D eigenvalue weighted by Gasteiger charge is -2.34. The lowest BCUT2D eigenvalue weighted by molar-refractivity contribution is -0.133. The van der Waals surface area contributed by atoms with Gasteiger partial charge in [0.05, 0.1) is 5.92 Å². The third kappa shape index (κ3) is 5.25. The van der Waals surface area contributed by atoms with Gasteiger partial charge in [-0.3, -0.25) is 9.89 Å². The molecule has 8 heteroatoms. The number of H-pyrrole nitrogens is 1. The topological polar surface area (TPSA) is 86.8 Å². The number of aromatic amines is 1. The molecular formula is C26H31ClN6O. The summed E-state index contributed by atoms with van der Waals surface area (Å²) in [5, 5.41) is 11.2. The number of likely N-dealkylation sites (tertiary alicyclic amines) is 1. The largest absolute Gasteiger partial charge is 0.342 e. The van der Waals surface area contributed by atoms with E-state index in [0.717, 1.165) is 79.6 Å². The van der Waals surface area contributed by atoms with E-state index in [-0.39, 0.29) is 11.8 Å². The molecule has 178 valence electrons. The minimum Gasteiger partial charge on any atom is -0.342 e. The van der Waals surface area contributed by atoms with Crippen LogP contribution in [-0.4, -0.2) is 44.1 Å². The molecule has 0 spiro atoms. The van der Waals surface area contributed by atoms with Crippen LogP contribution in [0.25, 0.3) is 0 Å². The summed E-state index contributed by atoms with van der Waals surface area (Å²) in [6.45, 7) is 5.48. The molecule has 2 aliphatic rings.